The zero-order chi connectivity index (χ0) is 33.8. The number of benzene rings is 7. The minimum atomic E-state index is 0.111. The van der Waals surface area contributed by atoms with Crippen LogP contribution in [0, 0.1) is 6.92 Å². The number of anilines is 6. The highest BCUT2D eigenvalue weighted by Crippen LogP contribution is 2.38. The molecule has 0 fully saturated rings. The van der Waals surface area contributed by atoms with Crippen LogP contribution in [0.1, 0.15) is 43.0 Å². The van der Waals surface area contributed by atoms with Gasteiger partial charge in [-0.3, -0.25) is 0 Å². The second-order valence-corrected chi connectivity index (χ2v) is 13.7. The van der Waals surface area contributed by atoms with Crippen LogP contribution in [0.15, 0.2) is 170 Å². The minimum absolute atomic E-state index is 0.111. The van der Waals surface area contributed by atoms with Crippen molar-refractivity contribution in [2.24, 2.45) is 0 Å². The molecule has 240 valence electrons. The molecule has 7 aromatic rings. The average molecular weight is 635 g/mol. The maximum absolute atomic E-state index is 2.33. The van der Waals surface area contributed by atoms with Gasteiger partial charge in [0.2, 0.25) is 0 Å². The molecule has 49 heavy (non-hydrogen) atoms. The Morgan fingerprint density at radius 1 is 0.388 bits per heavy atom. The summed E-state index contributed by atoms with van der Waals surface area (Å²) in [6.07, 6.45) is 4.37. The Morgan fingerprint density at radius 3 is 1.39 bits per heavy atom. The molecule has 0 atom stereocenters. The molecule has 0 saturated carbocycles. The largest absolute Gasteiger partial charge is 0.310 e. The van der Waals surface area contributed by atoms with Crippen molar-refractivity contribution in [2.75, 3.05) is 9.80 Å². The highest BCUT2D eigenvalue weighted by molar-refractivity contribution is 5.89. The Bertz CT molecular complexity index is 2190. The van der Waals surface area contributed by atoms with Crippen molar-refractivity contribution in [1.82, 2.24) is 0 Å². The first-order chi connectivity index (χ1) is 23.8. The van der Waals surface area contributed by atoms with E-state index in [1.165, 1.54) is 21.9 Å². The second kappa shape index (κ2) is 13.7. The monoisotopic (exact) mass is 634 g/mol. The van der Waals surface area contributed by atoms with Gasteiger partial charge in [-0.25, -0.2) is 0 Å². The third-order valence-corrected chi connectivity index (χ3v) is 9.03. The van der Waals surface area contributed by atoms with E-state index in [4.69, 9.17) is 0 Å². The molecule has 0 spiro atoms. The van der Waals surface area contributed by atoms with Crippen LogP contribution in [0.5, 0.6) is 0 Å². The molecule has 7 rings (SSSR count). The Balaban J connectivity index is 1.14. The summed E-state index contributed by atoms with van der Waals surface area (Å²) in [5.74, 6) is 0. The topological polar surface area (TPSA) is 6.48 Å². The van der Waals surface area contributed by atoms with Gasteiger partial charge in [-0.2, -0.15) is 0 Å². The number of fused-ring (bicyclic) bond motifs is 1. The summed E-state index contributed by atoms with van der Waals surface area (Å²) in [6.45, 7) is 8.92. The summed E-state index contributed by atoms with van der Waals surface area (Å²) in [5.41, 5.74) is 11.8. The maximum atomic E-state index is 2.33. The molecule has 0 amide bonds. The van der Waals surface area contributed by atoms with Crippen LogP contribution in [0.4, 0.5) is 34.1 Å². The van der Waals surface area contributed by atoms with Crippen molar-refractivity contribution < 1.29 is 0 Å². The van der Waals surface area contributed by atoms with E-state index in [9.17, 15) is 0 Å². The molecule has 0 aromatic heterocycles. The molecule has 0 saturated heterocycles. The van der Waals surface area contributed by atoms with Crippen LogP contribution in [0.2, 0.25) is 0 Å². The van der Waals surface area contributed by atoms with Gasteiger partial charge in [0.25, 0.3) is 0 Å². The standard InChI is InChI=1S/C47H42N2/c1-35-11-10-16-45(33-35)49(44-31-24-40(25-32-44)47(2,3)4)43-28-21-37(22-29-43)18-17-36-19-26-42(27-20-36)48(41-14-6-5-7-15-41)46-30-23-38-12-8-9-13-39(38)34-46/h5-34H,1-4H3/b18-17+. The predicted octanol–water partition coefficient (Wildman–Crippen LogP) is 13.6. The highest BCUT2D eigenvalue weighted by Gasteiger charge is 2.17. The van der Waals surface area contributed by atoms with Crippen LogP contribution < -0.4 is 9.80 Å². The molecule has 7 aromatic carbocycles. The summed E-state index contributed by atoms with van der Waals surface area (Å²) < 4.78 is 0. The molecule has 2 nitrogen and oxygen atoms in total. The van der Waals surface area contributed by atoms with Gasteiger partial charge in [0, 0.05) is 34.1 Å². The van der Waals surface area contributed by atoms with Crippen molar-refractivity contribution in [3.63, 3.8) is 0 Å². The van der Waals surface area contributed by atoms with E-state index in [-0.39, 0.29) is 5.41 Å². The lowest BCUT2D eigenvalue weighted by Gasteiger charge is -2.27. The molecule has 0 bridgehead atoms. The Hall–Kier alpha value is -5.86. The van der Waals surface area contributed by atoms with E-state index in [1.807, 2.05) is 0 Å². The molecule has 0 N–H and O–H groups in total. The Kier molecular flexibility index (Phi) is 8.87. The lowest BCUT2D eigenvalue weighted by atomic mass is 9.87. The van der Waals surface area contributed by atoms with E-state index in [2.05, 4.69) is 220 Å². The van der Waals surface area contributed by atoms with Crippen molar-refractivity contribution in [1.29, 1.82) is 0 Å². The van der Waals surface area contributed by atoms with Gasteiger partial charge in [-0.1, -0.05) is 130 Å². The second-order valence-electron chi connectivity index (χ2n) is 13.7. The fourth-order valence-corrected chi connectivity index (χ4v) is 6.33. The Labute approximate surface area is 291 Å². The summed E-state index contributed by atoms with van der Waals surface area (Å²) >= 11 is 0. The molecule has 0 aliphatic heterocycles. The minimum Gasteiger partial charge on any atom is -0.310 e. The number of para-hydroxylation sites is 1. The van der Waals surface area contributed by atoms with Gasteiger partial charge >= 0.3 is 0 Å². The molecule has 0 aliphatic carbocycles. The molecular weight excluding hydrogens is 593 g/mol. The normalized spacial score (nSPS) is 11.6. The van der Waals surface area contributed by atoms with Crippen molar-refractivity contribution in [3.8, 4) is 0 Å². The lowest BCUT2D eigenvalue weighted by molar-refractivity contribution is 0.590. The Morgan fingerprint density at radius 2 is 0.837 bits per heavy atom. The molecule has 2 heteroatoms. The number of rotatable bonds is 8. The quantitative estimate of drug-likeness (QED) is 0.153. The smallest absolute Gasteiger partial charge is 0.0468 e. The fourth-order valence-electron chi connectivity index (χ4n) is 6.33. The van der Waals surface area contributed by atoms with Gasteiger partial charge in [-0.15, -0.1) is 0 Å². The predicted molar refractivity (Wildman–Crippen MR) is 212 cm³/mol. The van der Waals surface area contributed by atoms with Crippen LogP contribution >= 0.6 is 0 Å². The van der Waals surface area contributed by atoms with Gasteiger partial charge < -0.3 is 9.80 Å². The van der Waals surface area contributed by atoms with Gasteiger partial charge in [-0.05, 0) is 118 Å². The summed E-state index contributed by atoms with van der Waals surface area (Å²) in [5, 5.41) is 2.47. The third-order valence-electron chi connectivity index (χ3n) is 9.03. The van der Waals surface area contributed by atoms with Gasteiger partial charge in [0.05, 0.1) is 0 Å². The van der Waals surface area contributed by atoms with Crippen molar-refractivity contribution >= 4 is 57.0 Å². The molecular formula is C47H42N2. The zero-order valence-electron chi connectivity index (χ0n) is 28.7. The molecule has 0 aliphatic rings. The number of hydrogen-bond donors (Lipinski definition) is 0. The van der Waals surface area contributed by atoms with Gasteiger partial charge in [0.15, 0.2) is 0 Å². The highest BCUT2D eigenvalue weighted by atomic mass is 15.1. The van der Waals surface area contributed by atoms with Crippen molar-refractivity contribution in [3.05, 3.63) is 192 Å². The van der Waals surface area contributed by atoms with Crippen molar-refractivity contribution in [2.45, 2.75) is 33.1 Å². The van der Waals surface area contributed by atoms with E-state index in [0.29, 0.717) is 0 Å². The number of nitrogens with zero attached hydrogens (tertiary/aromatic N) is 2. The van der Waals surface area contributed by atoms with Gasteiger partial charge in [0.1, 0.15) is 0 Å². The van der Waals surface area contributed by atoms with Crippen LogP contribution in [0.25, 0.3) is 22.9 Å². The molecule has 0 radical (unpaired) electrons. The van der Waals surface area contributed by atoms with E-state index in [1.54, 1.807) is 0 Å². The summed E-state index contributed by atoms with van der Waals surface area (Å²) in [4.78, 5) is 4.65. The van der Waals surface area contributed by atoms with E-state index in [0.717, 1.165) is 45.3 Å². The summed E-state index contributed by atoms with van der Waals surface area (Å²) in [7, 11) is 0. The zero-order valence-corrected chi connectivity index (χ0v) is 28.7. The first kappa shape index (κ1) is 31.7. The van der Waals surface area contributed by atoms with E-state index >= 15 is 0 Å². The van der Waals surface area contributed by atoms with Crippen LogP contribution in [0.3, 0.4) is 0 Å². The first-order valence-corrected chi connectivity index (χ1v) is 17.0. The van der Waals surface area contributed by atoms with Crippen LogP contribution in [-0.2, 0) is 5.41 Å². The number of hydrogen-bond acceptors (Lipinski definition) is 2. The lowest BCUT2D eigenvalue weighted by Crippen LogP contribution is -2.13. The van der Waals surface area contributed by atoms with Crippen LogP contribution in [-0.4, -0.2) is 0 Å². The fraction of sp³-hybridized carbons (Fsp3) is 0.106. The average Bonchev–Trinajstić information content (AvgIpc) is 3.12. The first-order valence-electron chi connectivity index (χ1n) is 17.0. The summed E-state index contributed by atoms with van der Waals surface area (Å²) in [6, 6.07) is 61.0. The molecule has 0 heterocycles. The SMILES string of the molecule is Cc1cccc(N(c2ccc(/C=C/c3ccc(N(c4ccccc4)c4ccc5ccccc5c4)cc3)cc2)c2ccc(C(C)(C)C)cc2)c1. The number of aryl methyl sites for hydroxylation is 1. The molecule has 0 unspecified atom stereocenters. The maximum Gasteiger partial charge on any atom is 0.0468 e. The third kappa shape index (κ3) is 7.20. The van der Waals surface area contributed by atoms with E-state index < -0.39 is 0 Å².